The van der Waals surface area contributed by atoms with Crippen LogP contribution in [0.25, 0.3) is 0 Å². The van der Waals surface area contributed by atoms with Crippen LogP contribution in [0.3, 0.4) is 0 Å². The molecule has 0 saturated carbocycles. The third-order valence-electron chi connectivity index (χ3n) is 3.21. The van der Waals surface area contributed by atoms with Crippen LogP contribution < -0.4 is 0 Å². The summed E-state index contributed by atoms with van der Waals surface area (Å²) in [6, 6.07) is 6.74. The number of carbonyl (C=O) groups is 1. The molecule has 1 amide bonds. The lowest BCUT2D eigenvalue weighted by Crippen LogP contribution is -2.37. The van der Waals surface area contributed by atoms with E-state index in [4.69, 9.17) is 0 Å². The zero-order chi connectivity index (χ0) is 11.5. The summed E-state index contributed by atoms with van der Waals surface area (Å²) < 4.78 is 0. The fourth-order valence-corrected chi connectivity index (χ4v) is 2.04. The molecule has 3 heteroatoms. The van der Waals surface area contributed by atoms with Crippen LogP contribution in [0.15, 0.2) is 24.3 Å². The minimum Gasteiger partial charge on any atom is -0.507 e. The second-order valence-electron chi connectivity index (χ2n) is 4.49. The topological polar surface area (TPSA) is 40.5 Å². The third-order valence-corrected chi connectivity index (χ3v) is 3.21. The highest BCUT2D eigenvalue weighted by Crippen LogP contribution is 2.22. The fourth-order valence-electron chi connectivity index (χ4n) is 2.04. The Morgan fingerprint density at radius 3 is 2.56 bits per heavy atom. The van der Waals surface area contributed by atoms with Gasteiger partial charge in [0.25, 0.3) is 5.91 Å². The minimum absolute atomic E-state index is 0.0509. The summed E-state index contributed by atoms with van der Waals surface area (Å²) in [5.74, 6) is 0.726. The van der Waals surface area contributed by atoms with Gasteiger partial charge in [0.05, 0.1) is 5.56 Å². The number of hydrogen-bond donors (Lipinski definition) is 1. The summed E-state index contributed by atoms with van der Waals surface area (Å²) in [5, 5.41) is 9.62. The molecule has 1 fully saturated rings. The fraction of sp³-hybridized carbons (Fsp3) is 0.462. The molecule has 0 bridgehead atoms. The molecule has 1 aliphatic rings. The zero-order valence-corrected chi connectivity index (χ0v) is 9.52. The van der Waals surface area contributed by atoms with E-state index in [0.717, 1.165) is 25.9 Å². The maximum atomic E-state index is 12.1. The minimum atomic E-state index is -0.0509. The average molecular weight is 219 g/mol. The Labute approximate surface area is 95.7 Å². The molecule has 2 rings (SSSR count). The van der Waals surface area contributed by atoms with Gasteiger partial charge in [-0.3, -0.25) is 4.79 Å². The standard InChI is InChI=1S/C13H17NO2/c1-10-6-8-14(9-7-10)13(16)11-4-2-3-5-12(11)15/h2-5,10,15H,6-9H2,1H3. The molecule has 0 atom stereocenters. The lowest BCUT2D eigenvalue weighted by Gasteiger charge is -2.30. The molecule has 1 aromatic carbocycles. The molecular formula is C13H17NO2. The van der Waals surface area contributed by atoms with Crippen molar-refractivity contribution in [3.8, 4) is 5.75 Å². The lowest BCUT2D eigenvalue weighted by molar-refractivity contribution is 0.0694. The highest BCUT2D eigenvalue weighted by atomic mass is 16.3. The predicted octanol–water partition coefficient (Wildman–Crippen LogP) is 2.26. The number of carbonyl (C=O) groups excluding carboxylic acids is 1. The Bertz CT molecular complexity index is 381. The monoisotopic (exact) mass is 219 g/mol. The van der Waals surface area contributed by atoms with E-state index >= 15 is 0 Å². The maximum absolute atomic E-state index is 12.1. The van der Waals surface area contributed by atoms with Gasteiger partial charge in [-0.2, -0.15) is 0 Å². The van der Waals surface area contributed by atoms with E-state index in [1.54, 1.807) is 24.3 Å². The Morgan fingerprint density at radius 1 is 1.31 bits per heavy atom. The molecule has 16 heavy (non-hydrogen) atoms. The van der Waals surface area contributed by atoms with E-state index in [1.165, 1.54) is 0 Å². The van der Waals surface area contributed by atoms with Crippen molar-refractivity contribution < 1.29 is 9.90 Å². The molecule has 1 aliphatic heterocycles. The van der Waals surface area contributed by atoms with E-state index in [0.29, 0.717) is 11.5 Å². The first-order valence-electron chi connectivity index (χ1n) is 5.75. The smallest absolute Gasteiger partial charge is 0.257 e. The van der Waals surface area contributed by atoms with Gasteiger partial charge in [0.15, 0.2) is 0 Å². The van der Waals surface area contributed by atoms with Gasteiger partial charge in [0.2, 0.25) is 0 Å². The number of benzene rings is 1. The molecule has 0 radical (unpaired) electrons. The normalized spacial score (nSPS) is 17.4. The van der Waals surface area contributed by atoms with Crippen LogP contribution in [0.1, 0.15) is 30.1 Å². The number of amides is 1. The number of nitrogens with zero attached hydrogens (tertiary/aromatic N) is 1. The molecule has 1 heterocycles. The van der Waals surface area contributed by atoms with Crippen molar-refractivity contribution in [2.45, 2.75) is 19.8 Å². The number of likely N-dealkylation sites (tertiary alicyclic amines) is 1. The van der Waals surface area contributed by atoms with E-state index < -0.39 is 0 Å². The van der Waals surface area contributed by atoms with Gasteiger partial charge in [-0.05, 0) is 30.9 Å². The number of hydrogen-bond acceptors (Lipinski definition) is 2. The van der Waals surface area contributed by atoms with Gasteiger partial charge in [0.1, 0.15) is 5.75 Å². The van der Waals surface area contributed by atoms with Crippen molar-refractivity contribution in [3.63, 3.8) is 0 Å². The van der Waals surface area contributed by atoms with E-state index in [9.17, 15) is 9.90 Å². The average Bonchev–Trinajstić information content (AvgIpc) is 2.30. The van der Waals surface area contributed by atoms with Crippen molar-refractivity contribution in [2.24, 2.45) is 5.92 Å². The Kier molecular flexibility index (Phi) is 3.13. The Hall–Kier alpha value is -1.51. The number of aromatic hydroxyl groups is 1. The van der Waals surface area contributed by atoms with E-state index in [1.807, 2.05) is 4.90 Å². The molecule has 3 nitrogen and oxygen atoms in total. The molecule has 1 saturated heterocycles. The second kappa shape index (κ2) is 4.56. The van der Waals surface area contributed by atoms with E-state index in [-0.39, 0.29) is 11.7 Å². The van der Waals surface area contributed by atoms with E-state index in [2.05, 4.69) is 6.92 Å². The van der Waals surface area contributed by atoms with Crippen LogP contribution in [0.4, 0.5) is 0 Å². The van der Waals surface area contributed by atoms with Crippen LogP contribution in [-0.2, 0) is 0 Å². The van der Waals surface area contributed by atoms with Crippen LogP contribution in [0.2, 0.25) is 0 Å². The van der Waals surface area contributed by atoms with Gasteiger partial charge >= 0.3 is 0 Å². The first-order valence-corrected chi connectivity index (χ1v) is 5.75. The SMILES string of the molecule is CC1CCN(C(=O)c2ccccc2O)CC1. The summed E-state index contributed by atoms with van der Waals surface area (Å²) in [7, 11) is 0. The third kappa shape index (κ3) is 2.18. The Morgan fingerprint density at radius 2 is 1.94 bits per heavy atom. The number of phenols is 1. The zero-order valence-electron chi connectivity index (χ0n) is 9.52. The van der Waals surface area contributed by atoms with Crippen molar-refractivity contribution in [1.29, 1.82) is 0 Å². The van der Waals surface area contributed by atoms with Crippen LogP contribution in [-0.4, -0.2) is 29.0 Å². The van der Waals surface area contributed by atoms with Gasteiger partial charge in [0, 0.05) is 13.1 Å². The summed E-state index contributed by atoms with van der Waals surface area (Å²) in [6.07, 6.45) is 2.11. The molecule has 0 spiro atoms. The lowest BCUT2D eigenvalue weighted by atomic mass is 9.98. The van der Waals surface area contributed by atoms with Crippen molar-refractivity contribution in [1.82, 2.24) is 4.90 Å². The van der Waals surface area contributed by atoms with Crippen LogP contribution >= 0.6 is 0 Å². The second-order valence-corrected chi connectivity index (χ2v) is 4.49. The molecule has 0 aromatic heterocycles. The summed E-state index contributed by atoms with van der Waals surface area (Å²) in [4.78, 5) is 13.9. The molecule has 1 aromatic rings. The highest BCUT2D eigenvalue weighted by Gasteiger charge is 2.22. The van der Waals surface area contributed by atoms with Crippen molar-refractivity contribution in [3.05, 3.63) is 29.8 Å². The number of piperidine rings is 1. The van der Waals surface area contributed by atoms with Crippen LogP contribution in [0.5, 0.6) is 5.75 Å². The molecule has 0 unspecified atom stereocenters. The van der Waals surface area contributed by atoms with Gasteiger partial charge in [-0.15, -0.1) is 0 Å². The molecule has 86 valence electrons. The summed E-state index contributed by atoms with van der Waals surface area (Å²) >= 11 is 0. The molecule has 1 N–H and O–H groups in total. The first kappa shape index (κ1) is 11.0. The largest absolute Gasteiger partial charge is 0.507 e. The maximum Gasteiger partial charge on any atom is 0.257 e. The number of rotatable bonds is 1. The first-order chi connectivity index (χ1) is 7.68. The van der Waals surface area contributed by atoms with Gasteiger partial charge < -0.3 is 10.0 Å². The summed E-state index contributed by atoms with van der Waals surface area (Å²) in [5.41, 5.74) is 0.414. The molecule has 0 aliphatic carbocycles. The number of para-hydroxylation sites is 1. The predicted molar refractivity (Wildman–Crippen MR) is 62.4 cm³/mol. The van der Waals surface area contributed by atoms with Gasteiger partial charge in [-0.1, -0.05) is 19.1 Å². The van der Waals surface area contributed by atoms with Crippen molar-refractivity contribution >= 4 is 5.91 Å². The van der Waals surface area contributed by atoms with Gasteiger partial charge in [-0.25, -0.2) is 0 Å². The highest BCUT2D eigenvalue weighted by molar-refractivity contribution is 5.96. The number of phenolic OH excluding ortho intramolecular Hbond substituents is 1. The summed E-state index contributed by atoms with van der Waals surface area (Å²) in [6.45, 7) is 3.81. The Balaban J connectivity index is 2.11. The quantitative estimate of drug-likeness (QED) is 0.787. The van der Waals surface area contributed by atoms with Crippen molar-refractivity contribution in [2.75, 3.05) is 13.1 Å². The van der Waals surface area contributed by atoms with Crippen LogP contribution in [0, 0.1) is 5.92 Å². The molecular weight excluding hydrogens is 202 g/mol.